The fraction of sp³-hybridized carbons (Fsp3) is 0.429. The second-order valence-electron chi connectivity index (χ2n) is 5.02. The largest absolute Gasteiger partial charge is 0.380 e. The van der Waals surface area contributed by atoms with Gasteiger partial charge in [0, 0.05) is 42.8 Å². The number of fused-ring (bicyclic) bond motifs is 1. The minimum atomic E-state index is 0.480. The maximum atomic E-state index is 4.53. The number of nitrogens with zero attached hydrogens (tertiary/aromatic N) is 3. The molecule has 0 saturated carbocycles. The summed E-state index contributed by atoms with van der Waals surface area (Å²) in [5.74, 6) is 1.22. The molecule has 0 bridgehead atoms. The Morgan fingerprint density at radius 1 is 1.33 bits per heavy atom. The monoisotopic (exact) mass is 242 g/mol. The van der Waals surface area contributed by atoms with Crippen LogP contribution in [-0.2, 0) is 13.0 Å². The molecule has 1 aliphatic heterocycles. The highest BCUT2D eigenvalue weighted by Gasteiger charge is 2.19. The lowest BCUT2D eigenvalue weighted by Crippen LogP contribution is -2.31. The number of pyridine rings is 1. The molecular formula is C14H18N4. The predicted octanol–water partition coefficient (Wildman–Crippen LogP) is 2.32. The van der Waals surface area contributed by atoms with Crippen LogP contribution in [0.25, 0.3) is 0 Å². The quantitative estimate of drug-likeness (QED) is 0.879. The van der Waals surface area contributed by atoms with E-state index in [0.717, 1.165) is 36.5 Å². The molecule has 3 rings (SSSR count). The van der Waals surface area contributed by atoms with E-state index in [2.05, 4.69) is 39.0 Å². The van der Waals surface area contributed by atoms with Crippen LogP contribution < -0.4 is 5.32 Å². The molecule has 1 unspecified atom stereocenters. The number of rotatable bonds is 2. The van der Waals surface area contributed by atoms with Crippen molar-refractivity contribution < 1.29 is 0 Å². The average molecular weight is 242 g/mol. The van der Waals surface area contributed by atoms with Crippen molar-refractivity contribution >= 4 is 5.69 Å². The van der Waals surface area contributed by atoms with Gasteiger partial charge in [0.05, 0.1) is 5.69 Å². The highest BCUT2D eigenvalue weighted by molar-refractivity contribution is 5.44. The smallest absolute Gasteiger partial charge is 0.109 e. The van der Waals surface area contributed by atoms with Gasteiger partial charge in [-0.25, -0.2) is 4.98 Å². The molecule has 1 aliphatic rings. The first-order chi connectivity index (χ1) is 8.70. The minimum absolute atomic E-state index is 0.480. The van der Waals surface area contributed by atoms with E-state index in [-0.39, 0.29) is 0 Å². The normalized spacial score (nSPS) is 18.4. The Labute approximate surface area is 107 Å². The Hall–Kier alpha value is -1.84. The van der Waals surface area contributed by atoms with E-state index in [1.54, 1.807) is 0 Å². The van der Waals surface area contributed by atoms with Gasteiger partial charge in [-0.05, 0) is 32.4 Å². The molecule has 4 heteroatoms. The molecule has 1 N–H and O–H groups in total. The van der Waals surface area contributed by atoms with Gasteiger partial charge in [-0.15, -0.1) is 0 Å². The summed E-state index contributed by atoms with van der Waals surface area (Å²) in [5, 5.41) is 3.58. The minimum Gasteiger partial charge on any atom is -0.380 e. The fourth-order valence-electron chi connectivity index (χ4n) is 2.58. The predicted molar refractivity (Wildman–Crippen MR) is 71.7 cm³/mol. The van der Waals surface area contributed by atoms with E-state index < -0.39 is 0 Å². The summed E-state index contributed by atoms with van der Waals surface area (Å²) in [7, 11) is 0. The van der Waals surface area contributed by atoms with Crippen LogP contribution in [0.3, 0.4) is 0 Å². The van der Waals surface area contributed by atoms with Crippen molar-refractivity contribution in [3.63, 3.8) is 0 Å². The highest BCUT2D eigenvalue weighted by atomic mass is 15.1. The Balaban J connectivity index is 1.73. The summed E-state index contributed by atoms with van der Waals surface area (Å²) in [5.41, 5.74) is 3.33. The number of aromatic nitrogens is 3. The molecule has 0 radical (unpaired) electrons. The molecule has 4 nitrogen and oxygen atoms in total. The molecule has 3 heterocycles. The van der Waals surface area contributed by atoms with Crippen LogP contribution in [0.15, 0.2) is 24.5 Å². The zero-order valence-corrected chi connectivity index (χ0v) is 10.8. The lowest BCUT2D eigenvalue weighted by atomic mass is 10.1. The lowest BCUT2D eigenvalue weighted by molar-refractivity contribution is 0.476. The van der Waals surface area contributed by atoms with Crippen LogP contribution in [0.2, 0.25) is 0 Å². The standard InChI is InChI=1S/C14H18N4/c1-10-7-12(5-6-15-10)17-13-3-4-14-16-11(2)8-18(14)9-13/h5-8,13H,3-4,9H2,1-2H3,(H,15,17). The molecule has 0 amide bonds. The van der Waals surface area contributed by atoms with Gasteiger partial charge >= 0.3 is 0 Å². The van der Waals surface area contributed by atoms with E-state index in [1.807, 2.05) is 19.2 Å². The van der Waals surface area contributed by atoms with Crippen molar-refractivity contribution in [2.75, 3.05) is 5.32 Å². The van der Waals surface area contributed by atoms with Gasteiger partial charge < -0.3 is 9.88 Å². The molecule has 0 aromatic carbocycles. The van der Waals surface area contributed by atoms with Crippen LogP contribution in [0.1, 0.15) is 23.6 Å². The molecule has 0 fully saturated rings. The number of hydrogen-bond acceptors (Lipinski definition) is 3. The summed E-state index contributed by atoms with van der Waals surface area (Å²) >= 11 is 0. The van der Waals surface area contributed by atoms with E-state index in [9.17, 15) is 0 Å². The summed E-state index contributed by atoms with van der Waals surface area (Å²) in [6, 6.07) is 4.60. The number of nitrogens with one attached hydrogen (secondary N) is 1. The second kappa shape index (κ2) is 4.44. The van der Waals surface area contributed by atoms with E-state index in [0.29, 0.717) is 6.04 Å². The van der Waals surface area contributed by atoms with Crippen LogP contribution in [-0.4, -0.2) is 20.6 Å². The zero-order chi connectivity index (χ0) is 12.5. The topological polar surface area (TPSA) is 42.7 Å². The lowest BCUT2D eigenvalue weighted by Gasteiger charge is -2.25. The maximum Gasteiger partial charge on any atom is 0.109 e. The third kappa shape index (κ3) is 2.23. The van der Waals surface area contributed by atoms with Crippen LogP contribution in [0.4, 0.5) is 5.69 Å². The Bertz CT molecular complexity index is 559. The summed E-state index contributed by atoms with van der Waals surface area (Å²) in [6.07, 6.45) is 6.18. The number of aryl methyl sites for hydroxylation is 3. The Kier molecular flexibility index (Phi) is 2.78. The second-order valence-corrected chi connectivity index (χ2v) is 5.02. The molecule has 18 heavy (non-hydrogen) atoms. The molecule has 1 atom stereocenters. The van der Waals surface area contributed by atoms with Crippen molar-refractivity contribution in [2.45, 2.75) is 39.3 Å². The molecule has 2 aromatic heterocycles. The van der Waals surface area contributed by atoms with Crippen molar-refractivity contribution in [2.24, 2.45) is 0 Å². The summed E-state index contributed by atoms with van der Waals surface area (Å²) < 4.78 is 2.27. The first-order valence-corrected chi connectivity index (χ1v) is 6.42. The van der Waals surface area contributed by atoms with Crippen molar-refractivity contribution in [3.8, 4) is 0 Å². The molecule has 0 spiro atoms. The summed E-state index contributed by atoms with van der Waals surface area (Å²) in [6.45, 7) is 5.07. The zero-order valence-electron chi connectivity index (χ0n) is 10.8. The first kappa shape index (κ1) is 11.3. The molecular weight excluding hydrogens is 224 g/mol. The molecule has 94 valence electrons. The van der Waals surface area contributed by atoms with Crippen molar-refractivity contribution in [3.05, 3.63) is 41.7 Å². The number of hydrogen-bond donors (Lipinski definition) is 1. The van der Waals surface area contributed by atoms with Crippen LogP contribution in [0.5, 0.6) is 0 Å². The van der Waals surface area contributed by atoms with Gasteiger partial charge in [-0.3, -0.25) is 4.98 Å². The number of imidazole rings is 1. The van der Waals surface area contributed by atoms with E-state index in [1.165, 1.54) is 5.82 Å². The SMILES string of the molecule is Cc1cc(NC2CCc3nc(C)cn3C2)ccn1. The van der Waals surface area contributed by atoms with Gasteiger partial charge in [0.1, 0.15) is 5.82 Å². The van der Waals surface area contributed by atoms with Crippen LogP contribution in [0, 0.1) is 13.8 Å². The summed E-state index contributed by atoms with van der Waals surface area (Å²) in [4.78, 5) is 8.75. The van der Waals surface area contributed by atoms with E-state index >= 15 is 0 Å². The Morgan fingerprint density at radius 3 is 3.06 bits per heavy atom. The van der Waals surface area contributed by atoms with Crippen molar-refractivity contribution in [1.29, 1.82) is 0 Å². The first-order valence-electron chi connectivity index (χ1n) is 6.42. The maximum absolute atomic E-state index is 4.53. The average Bonchev–Trinajstić information content (AvgIpc) is 2.68. The van der Waals surface area contributed by atoms with Crippen LogP contribution >= 0.6 is 0 Å². The third-order valence-electron chi connectivity index (χ3n) is 3.38. The Morgan fingerprint density at radius 2 is 2.22 bits per heavy atom. The van der Waals surface area contributed by atoms with E-state index in [4.69, 9.17) is 0 Å². The third-order valence-corrected chi connectivity index (χ3v) is 3.38. The van der Waals surface area contributed by atoms with Gasteiger partial charge in [0.25, 0.3) is 0 Å². The highest BCUT2D eigenvalue weighted by Crippen LogP contribution is 2.19. The molecule has 0 aliphatic carbocycles. The van der Waals surface area contributed by atoms with Gasteiger partial charge in [-0.1, -0.05) is 0 Å². The fourth-order valence-corrected chi connectivity index (χ4v) is 2.58. The van der Waals surface area contributed by atoms with Gasteiger partial charge in [0.15, 0.2) is 0 Å². The van der Waals surface area contributed by atoms with Gasteiger partial charge in [0.2, 0.25) is 0 Å². The molecule has 2 aromatic rings. The number of anilines is 1. The van der Waals surface area contributed by atoms with Gasteiger partial charge in [-0.2, -0.15) is 0 Å². The molecule has 0 saturated heterocycles. The van der Waals surface area contributed by atoms with Crippen molar-refractivity contribution in [1.82, 2.24) is 14.5 Å².